The second-order valence-corrected chi connectivity index (χ2v) is 8.47. The van der Waals surface area contributed by atoms with Crippen LogP contribution in [0, 0.1) is 13.8 Å². The van der Waals surface area contributed by atoms with Crippen molar-refractivity contribution in [1.29, 1.82) is 0 Å². The van der Waals surface area contributed by atoms with Gasteiger partial charge in [-0.25, -0.2) is 4.79 Å². The molecule has 0 radical (unpaired) electrons. The lowest BCUT2D eigenvalue weighted by atomic mass is 9.95. The van der Waals surface area contributed by atoms with Crippen LogP contribution in [0.1, 0.15) is 55.1 Å². The van der Waals surface area contributed by atoms with Gasteiger partial charge in [0, 0.05) is 24.5 Å². The maximum absolute atomic E-state index is 13.5. The van der Waals surface area contributed by atoms with Crippen LogP contribution < -0.4 is 11.2 Å². The van der Waals surface area contributed by atoms with Crippen molar-refractivity contribution in [3.8, 4) is 0 Å². The van der Waals surface area contributed by atoms with Crippen molar-refractivity contribution in [2.75, 3.05) is 0 Å². The first-order chi connectivity index (χ1) is 14.5. The van der Waals surface area contributed by atoms with Crippen molar-refractivity contribution in [2.45, 2.75) is 58.5 Å². The smallest absolute Gasteiger partial charge is 0.311 e. The summed E-state index contributed by atoms with van der Waals surface area (Å²) in [7, 11) is 1.70. The van der Waals surface area contributed by atoms with Crippen LogP contribution in [-0.4, -0.2) is 23.1 Å². The van der Waals surface area contributed by atoms with Crippen LogP contribution in [-0.2, 0) is 13.6 Å². The van der Waals surface area contributed by atoms with Crippen molar-refractivity contribution < 1.29 is 0 Å². The van der Waals surface area contributed by atoms with Gasteiger partial charge < -0.3 is 4.57 Å². The van der Waals surface area contributed by atoms with E-state index in [9.17, 15) is 9.59 Å². The third kappa shape index (κ3) is 2.68. The van der Waals surface area contributed by atoms with Gasteiger partial charge in [0.2, 0.25) is 5.78 Å². The first-order valence-corrected chi connectivity index (χ1v) is 10.7. The molecule has 1 fully saturated rings. The van der Waals surface area contributed by atoms with E-state index in [4.69, 9.17) is 4.98 Å². The minimum absolute atomic E-state index is 0.247. The molecule has 1 aliphatic carbocycles. The highest BCUT2D eigenvalue weighted by Crippen LogP contribution is 2.33. The zero-order valence-corrected chi connectivity index (χ0v) is 17.8. The molecule has 3 aromatic heterocycles. The molecular formula is C23H27N5O2. The number of hydrogen-bond donors (Lipinski definition) is 0. The Morgan fingerprint density at radius 3 is 2.40 bits per heavy atom. The molecule has 156 valence electrons. The van der Waals surface area contributed by atoms with Gasteiger partial charge in [-0.2, -0.15) is 4.98 Å². The van der Waals surface area contributed by atoms with Gasteiger partial charge >= 0.3 is 5.69 Å². The highest BCUT2D eigenvalue weighted by atomic mass is 16.2. The van der Waals surface area contributed by atoms with Gasteiger partial charge in [-0.15, -0.1) is 0 Å². The molecule has 1 aliphatic rings. The van der Waals surface area contributed by atoms with E-state index in [0.717, 1.165) is 35.6 Å². The standard InChI is InChI=1S/C23H27N5O2/c1-15-16(2)28-19-20(24-22(28)27(15)18-12-8-5-9-13-18)25(3)23(30)26(21(19)29)14-17-10-6-4-7-11-17/h4,6-7,10-11,18H,5,8-9,12-14H2,1-3H3. The molecule has 0 N–H and O–H groups in total. The van der Waals surface area contributed by atoms with E-state index in [1.165, 1.54) is 28.4 Å². The molecule has 1 aromatic carbocycles. The van der Waals surface area contributed by atoms with E-state index in [0.29, 0.717) is 17.2 Å². The van der Waals surface area contributed by atoms with Crippen molar-refractivity contribution in [3.63, 3.8) is 0 Å². The molecule has 7 nitrogen and oxygen atoms in total. The lowest BCUT2D eigenvalue weighted by Gasteiger charge is -2.24. The average Bonchev–Trinajstić information content (AvgIpc) is 3.26. The number of rotatable bonds is 3. The summed E-state index contributed by atoms with van der Waals surface area (Å²) in [4.78, 5) is 31.3. The normalized spacial score (nSPS) is 15.4. The van der Waals surface area contributed by atoms with E-state index >= 15 is 0 Å². The highest BCUT2D eigenvalue weighted by molar-refractivity contribution is 5.76. The van der Waals surface area contributed by atoms with E-state index in [2.05, 4.69) is 11.5 Å². The Labute approximate surface area is 174 Å². The number of aryl methyl sites for hydroxylation is 2. The maximum Gasteiger partial charge on any atom is 0.332 e. The largest absolute Gasteiger partial charge is 0.332 e. The Bertz CT molecular complexity index is 1360. The lowest BCUT2D eigenvalue weighted by molar-refractivity contribution is 0.355. The molecular weight excluding hydrogens is 378 g/mol. The quantitative estimate of drug-likeness (QED) is 0.525. The first kappa shape index (κ1) is 18.9. The molecule has 1 saturated carbocycles. The van der Waals surface area contributed by atoms with Crippen LogP contribution in [0.3, 0.4) is 0 Å². The molecule has 0 spiro atoms. The SMILES string of the molecule is Cc1c(C)n2c3c(=O)n(Cc4ccccc4)c(=O)n(C)c3nc2n1C1CCCCC1. The zero-order chi connectivity index (χ0) is 21.0. The average molecular weight is 406 g/mol. The van der Waals surface area contributed by atoms with Gasteiger partial charge in [0.1, 0.15) is 0 Å². The van der Waals surface area contributed by atoms with Crippen molar-refractivity contribution in [3.05, 3.63) is 68.1 Å². The molecule has 4 aromatic rings. The number of nitrogens with zero attached hydrogens (tertiary/aromatic N) is 5. The third-order valence-electron chi connectivity index (χ3n) is 6.68. The molecule has 30 heavy (non-hydrogen) atoms. The number of fused-ring (bicyclic) bond motifs is 3. The summed E-state index contributed by atoms with van der Waals surface area (Å²) < 4.78 is 7.08. The fourth-order valence-corrected chi connectivity index (χ4v) is 4.96. The lowest BCUT2D eigenvalue weighted by Crippen LogP contribution is -2.39. The highest BCUT2D eigenvalue weighted by Gasteiger charge is 2.26. The van der Waals surface area contributed by atoms with E-state index in [-0.39, 0.29) is 17.8 Å². The summed E-state index contributed by atoms with van der Waals surface area (Å²) in [6, 6.07) is 10.0. The van der Waals surface area contributed by atoms with Gasteiger partial charge in [-0.05, 0) is 32.3 Å². The number of hydrogen-bond acceptors (Lipinski definition) is 3. The molecule has 0 aliphatic heterocycles. The van der Waals surface area contributed by atoms with Gasteiger partial charge in [0.05, 0.1) is 6.54 Å². The van der Waals surface area contributed by atoms with Crippen LogP contribution >= 0.6 is 0 Å². The zero-order valence-electron chi connectivity index (χ0n) is 17.8. The van der Waals surface area contributed by atoms with Gasteiger partial charge in [0.25, 0.3) is 5.56 Å². The van der Waals surface area contributed by atoms with Crippen LogP contribution in [0.5, 0.6) is 0 Å². The van der Waals surface area contributed by atoms with Gasteiger partial charge in [0.15, 0.2) is 11.2 Å². The van der Waals surface area contributed by atoms with Crippen LogP contribution in [0.4, 0.5) is 0 Å². The molecule has 7 heteroatoms. The van der Waals surface area contributed by atoms with E-state index < -0.39 is 0 Å². The summed E-state index contributed by atoms with van der Waals surface area (Å²) in [5.41, 5.74) is 3.40. The Morgan fingerprint density at radius 1 is 1.00 bits per heavy atom. The summed E-state index contributed by atoms with van der Waals surface area (Å²) in [5, 5.41) is 0. The van der Waals surface area contributed by atoms with E-state index in [1.807, 2.05) is 41.7 Å². The number of imidazole rings is 2. The Hall–Kier alpha value is -3.09. The van der Waals surface area contributed by atoms with Crippen molar-refractivity contribution >= 4 is 16.9 Å². The predicted octanol–water partition coefficient (Wildman–Crippen LogP) is 3.32. The molecule has 5 rings (SSSR count). The van der Waals surface area contributed by atoms with Gasteiger partial charge in [-0.1, -0.05) is 49.6 Å². The Kier molecular flexibility index (Phi) is 4.41. The fraction of sp³-hybridized carbons (Fsp3) is 0.435. The minimum Gasteiger partial charge on any atom is -0.311 e. The molecule has 0 bridgehead atoms. The first-order valence-electron chi connectivity index (χ1n) is 10.7. The van der Waals surface area contributed by atoms with Gasteiger partial charge in [-0.3, -0.25) is 18.3 Å². The summed E-state index contributed by atoms with van der Waals surface area (Å²) in [6.07, 6.45) is 5.98. The van der Waals surface area contributed by atoms with Crippen molar-refractivity contribution in [2.24, 2.45) is 7.05 Å². The fourth-order valence-electron chi connectivity index (χ4n) is 4.96. The second-order valence-electron chi connectivity index (χ2n) is 8.47. The maximum atomic E-state index is 13.5. The van der Waals surface area contributed by atoms with Crippen LogP contribution in [0.2, 0.25) is 0 Å². The topological polar surface area (TPSA) is 66.2 Å². The molecule has 0 unspecified atom stereocenters. The minimum atomic E-state index is -0.337. The molecule has 0 amide bonds. The summed E-state index contributed by atoms with van der Waals surface area (Å²) in [6.45, 7) is 4.39. The van der Waals surface area contributed by atoms with E-state index in [1.54, 1.807) is 7.05 Å². The summed E-state index contributed by atoms with van der Waals surface area (Å²) >= 11 is 0. The molecule has 3 heterocycles. The molecule has 0 atom stereocenters. The second kappa shape index (κ2) is 7.00. The number of benzene rings is 1. The molecule has 0 saturated heterocycles. The summed E-state index contributed by atoms with van der Waals surface area (Å²) in [5.74, 6) is 0.775. The monoisotopic (exact) mass is 405 g/mol. The Balaban J connectivity index is 1.80. The third-order valence-corrected chi connectivity index (χ3v) is 6.68. The van der Waals surface area contributed by atoms with Crippen LogP contribution in [0.15, 0.2) is 39.9 Å². The van der Waals surface area contributed by atoms with Crippen molar-refractivity contribution in [1.82, 2.24) is 23.1 Å². The number of aromatic nitrogens is 5. The van der Waals surface area contributed by atoms with Crippen LogP contribution in [0.25, 0.3) is 16.9 Å². The Morgan fingerprint density at radius 2 is 1.70 bits per heavy atom. The predicted molar refractivity (Wildman–Crippen MR) is 117 cm³/mol.